The lowest BCUT2D eigenvalue weighted by Gasteiger charge is -2.14. The van der Waals surface area contributed by atoms with Gasteiger partial charge in [-0.25, -0.2) is 0 Å². The fourth-order valence-corrected chi connectivity index (χ4v) is 1.99. The van der Waals surface area contributed by atoms with Crippen LogP contribution in [0.2, 0.25) is 0 Å². The number of hydrogen-bond donors (Lipinski definition) is 1. The van der Waals surface area contributed by atoms with Gasteiger partial charge in [-0.05, 0) is 31.6 Å². The zero-order valence-electron chi connectivity index (χ0n) is 8.59. The van der Waals surface area contributed by atoms with Crippen LogP contribution in [0.5, 0.6) is 0 Å². The van der Waals surface area contributed by atoms with Gasteiger partial charge in [-0.3, -0.25) is 0 Å². The van der Waals surface area contributed by atoms with Gasteiger partial charge in [0.25, 0.3) is 0 Å². The summed E-state index contributed by atoms with van der Waals surface area (Å²) < 4.78 is 39.5. The normalized spacial score (nSPS) is 27.2. The molecular formula is C10H17F3O2. The first-order valence-corrected chi connectivity index (χ1v) is 5.31. The van der Waals surface area contributed by atoms with E-state index in [1.807, 2.05) is 0 Å². The number of aliphatic hydroxyl groups is 1. The summed E-state index contributed by atoms with van der Waals surface area (Å²) in [5.41, 5.74) is 0. The predicted octanol–water partition coefficient (Wildman–Crippen LogP) is 2.51. The summed E-state index contributed by atoms with van der Waals surface area (Å²) in [6, 6.07) is 0. The molecule has 0 amide bonds. The van der Waals surface area contributed by atoms with Gasteiger partial charge in [-0.15, -0.1) is 0 Å². The molecule has 2 atom stereocenters. The molecule has 0 aromatic rings. The molecule has 0 aromatic carbocycles. The minimum absolute atomic E-state index is 0.128. The minimum atomic E-state index is -4.23. The number of rotatable bonds is 5. The Hall–Kier alpha value is -0.290. The third-order valence-electron chi connectivity index (χ3n) is 2.75. The van der Waals surface area contributed by atoms with E-state index in [1.165, 1.54) is 0 Å². The standard InChI is InChI=1S/C10H17F3O2/c11-10(12,13)7-15-6-2-4-8-3-1-5-9(8)14/h8-9,14H,1-7H2. The quantitative estimate of drug-likeness (QED) is 0.730. The second-order valence-corrected chi connectivity index (χ2v) is 4.07. The van der Waals surface area contributed by atoms with E-state index in [2.05, 4.69) is 4.74 Å². The highest BCUT2D eigenvalue weighted by Gasteiger charge is 2.27. The Morgan fingerprint density at radius 1 is 1.27 bits per heavy atom. The van der Waals surface area contributed by atoms with Gasteiger partial charge in [0.05, 0.1) is 6.10 Å². The molecule has 2 unspecified atom stereocenters. The van der Waals surface area contributed by atoms with Crippen molar-refractivity contribution < 1.29 is 23.0 Å². The van der Waals surface area contributed by atoms with E-state index >= 15 is 0 Å². The van der Waals surface area contributed by atoms with Crippen LogP contribution in [0, 0.1) is 5.92 Å². The van der Waals surface area contributed by atoms with Crippen molar-refractivity contribution in [1.82, 2.24) is 0 Å². The minimum Gasteiger partial charge on any atom is -0.393 e. The lowest BCUT2D eigenvalue weighted by atomic mass is 10.0. The van der Waals surface area contributed by atoms with E-state index in [9.17, 15) is 18.3 Å². The van der Waals surface area contributed by atoms with Gasteiger partial charge in [0.1, 0.15) is 6.61 Å². The summed E-state index contributed by atoms with van der Waals surface area (Å²) >= 11 is 0. The van der Waals surface area contributed by atoms with Gasteiger partial charge >= 0.3 is 6.18 Å². The molecule has 1 fully saturated rings. The summed E-state index contributed by atoms with van der Waals surface area (Å²) in [6.45, 7) is -1.04. The first kappa shape index (κ1) is 12.8. The van der Waals surface area contributed by atoms with E-state index in [-0.39, 0.29) is 18.6 Å². The lowest BCUT2D eigenvalue weighted by Crippen LogP contribution is -2.18. The second-order valence-electron chi connectivity index (χ2n) is 4.07. The average Bonchev–Trinajstić information content (AvgIpc) is 2.49. The Morgan fingerprint density at radius 2 is 2.00 bits per heavy atom. The van der Waals surface area contributed by atoms with Gasteiger partial charge in [0.15, 0.2) is 0 Å². The SMILES string of the molecule is OC1CCCC1CCCOCC(F)(F)F. The smallest absolute Gasteiger partial charge is 0.393 e. The Balaban J connectivity index is 1.97. The van der Waals surface area contributed by atoms with E-state index < -0.39 is 12.8 Å². The number of ether oxygens (including phenoxy) is 1. The van der Waals surface area contributed by atoms with Gasteiger partial charge in [0, 0.05) is 6.61 Å². The average molecular weight is 226 g/mol. The number of alkyl halides is 3. The van der Waals surface area contributed by atoms with Crippen molar-refractivity contribution in [3.05, 3.63) is 0 Å². The molecule has 2 nitrogen and oxygen atoms in total. The molecule has 0 radical (unpaired) electrons. The van der Waals surface area contributed by atoms with Crippen LogP contribution in [0.1, 0.15) is 32.1 Å². The molecule has 0 aromatic heterocycles. The fourth-order valence-electron chi connectivity index (χ4n) is 1.99. The lowest BCUT2D eigenvalue weighted by molar-refractivity contribution is -0.174. The molecule has 0 aliphatic heterocycles. The van der Waals surface area contributed by atoms with Gasteiger partial charge in [-0.2, -0.15) is 13.2 Å². The monoisotopic (exact) mass is 226 g/mol. The van der Waals surface area contributed by atoms with Crippen molar-refractivity contribution in [3.63, 3.8) is 0 Å². The van der Waals surface area contributed by atoms with Crippen molar-refractivity contribution in [3.8, 4) is 0 Å². The third-order valence-corrected chi connectivity index (χ3v) is 2.75. The highest BCUT2D eigenvalue weighted by molar-refractivity contribution is 4.76. The summed E-state index contributed by atoms with van der Waals surface area (Å²) in [7, 11) is 0. The number of halogens is 3. The maximum Gasteiger partial charge on any atom is 0.411 e. The zero-order chi connectivity index (χ0) is 11.3. The zero-order valence-corrected chi connectivity index (χ0v) is 8.59. The summed E-state index contributed by atoms with van der Waals surface area (Å²) in [4.78, 5) is 0. The predicted molar refractivity (Wildman–Crippen MR) is 49.5 cm³/mol. The van der Waals surface area contributed by atoms with Crippen molar-refractivity contribution >= 4 is 0 Å². The van der Waals surface area contributed by atoms with E-state index in [0.29, 0.717) is 6.42 Å². The molecule has 5 heteroatoms. The van der Waals surface area contributed by atoms with Gasteiger partial charge in [-0.1, -0.05) is 6.42 Å². The maximum atomic E-state index is 11.7. The Kier molecular flexibility index (Phi) is 4.86. The van der Waals surface area contributed by atoms with Crippen molar-refractivity contribution in [2.45, 2.75) is 44.4 Å². The molecule has 0 bridgehead atoms. The largest absolute Gasteiger partial charge is 0.411 e. The molecule has 1 aliphatic rings. The highest BCUT2D eigenvalue weighted by Crippen LogP contribution is 2.29. The van der Waals surface area contributed by atoms with E-state index in [4.69, 9.17) is 0 Å². The fraction of sp³-hybridized carbons (Fsp3) is 1.00. The topological polar surface area (TPSA) is 29.5 Å². The summed E-state index contributed by atoms with van der Waals surface area (Å²) in [5, 5.41) is 9.45. The van der Waals surface area contributed by atoms with Crippen LogP contribution in [0.4, 0.5) is 13.2 Å². The maximum absolute atomic E-state index is 11.7. The Labute approximate surface area is 87.4 Å². The van der Waals surface area contributed by atoms with E-state index in [0.717, 1.165) is 25.7 Å². The molecule has 1 saturated carbocycles. The van der Waals surface area contributed by atoms with Crippen LogP contribution >= 0.6 is 0 Å². The first-order valence-electron chi connectivity index (χ1n) is 5.31. The Bertz CT molecular complexity index is 182. The van der Waals surface area contributed by atoms with E-state index in [1.54, 1.807) is 0 Å². The highest BCUT2D eigenvalue weighted by atomic mass is 19.4. The van der Waals surface area contributed by atoms with Crippen LogP contribution < -0.4 is 0 Å². The molecule has 0 saturated heterocycles. The molecule has 0 spiro atoms. The number of aliphatic hydroxyl groups excluding tert-OH is 1. The summed E-state index contributed by atoms with van der Waals surface area (Å²) in [5.74, 6) is 0.263. The Morgan fingerprint density at radius 3 is 2.53 bits per heavy atom. The van der Waals surface area contributed by atoms with Gasteiger partial charge in [0.2, 0.25) is 0 Å². The van der Waals surface area contributed by atoms with Crippen molar-refractivity contribution in [1.29, 1.82) is 0 Å². The van der Waals surface area contributed by atoms with Crippen LogP contribution in [0.3, 0.4) is 0 Å². The van der Waals surface area contributed by atoms with Crippen molar-refractivity contribution in [2.24, 2.45) is 5.92 Å². The van der Waals surface area contributed by atoms with Crippen LogP contribution in [0.25, 0.3) is 0 Å². The molecule has 1 N–H and O–H groups in total. The summed E-state index contributed by atoms with van der Waals surface area (Å²) in [6.07, 6.45) is -0.291. The first-order chi connectivity index (χ1) is 6.99. The second kappa shape index (κ2) is 5.70. The van der Waals surface area contributed by atoms with Crippen LogP contribution in [-0.2, 0) is 4.74 Å². The molecule has 15 heavy (non-hydrogen) atoms. The van der Waals surface area contributed by atoms with Crippen LogP contribution in [-0.4, -0.2) is 30.6 Å². The third kappa shape index (κ3) is 5.37. The molecular weight excluding hydrogens is 209 g/mol. The molecule has 90 valence electrons. The molecule has 1 rings (SSSR count). The van der Waals surface area contributed by atoms with Crippen LogP contribution in [0.15, 0.2) is 0 Å². The van der Waals surface area contributed by atoms with Crippen molar-refractivity contribution in [2.75, 3.05) is 13.2 Å². The number of hydrogen-bond acceptors (Lipinski definition) is 2. The molecule has 0 heterocycles. The molecule has 1 aliphatic carbocycles. The van der Waals surface area contributed by atoms with Gasteiger partial charge < -0.3 is 9.84 Å².